The third kappa shape index (κ3) is 3.00. The molecule has 0 spiro atoms. The second kappa shape index (κ2) is 6.63. The van der Waals surface area contributed by atoms with E-state index in [1.54, 1.807) is 14.2 Å². The van der Waals surface area contributed by atoms with Crippen molar-refractivity contribution in [3.8, 4) is 11.5 Å². The van der Waals surface area contributed by atoms with Crippen molar-refractivity contribution in [3.05, 3.63) is 59.8 Å². The third-order valence-electron chi connectivity index (χ3n) is 4.77. The van der Waals surface area contributed by atoms with Gasteiger partial charge in [0.2, 0.25) is 0 Å². The van der Waals surface area contributed by atoms with E-state index in [1.807, 2.05) is 24.4 Å². The molecule has 0 aromatic heterocycles. The molecule has 0 N–H and O–H groups in total. The van der Waals surface area contributed by atoms with Gasteiger partial charge >= 0.3 is 0 Å². The largest absolute Gasteiger partial charge is 0.497 e. The number of fused-ring (bicyclic) bond motifs is 1. The molecule has 0 aliphatic carbocycles. The summed E-state index contributed by atoms with van der Waals surface area (Å²) >= 11 is 0. The summed E-state index contributed by atoms with van der Waals surface area (Å²) in [7, 11) is 5.37. The van der Waals surface area contributed by atoms with Crippen molar-refractivity contribution in [1.29, 1.82) is 0 Å². The van der Waals surface area contributed by atoms with Crippen LogP contribution in [0.2, 0.25) is 0 Å². The number of allylic oxidation sites excluding steroid dienone is 2. The van der Waals surface area contributed by atoms with E-state index in [9.17, 15) is 0 Å². The number of aliphatic imine (C=N–C) groups is 1. The van der Waals surface area contributed by atoms with Crippen molar-refractivity contribution in [1.82, 2.24) is 0 Å². The summed E-state index contributed by atoms with van der Waals surface area (Å²) in [6, 6.07) is 14.1. The molecule has 1 aliphatic rings. The first-order valence-electron chi connectivity index (χ1n) is 8.29. The maximum atomic E-state index is 5.40. The summed E-state index contributed by atoms with van der Waals surface area (Å²) in [5.74, 6) is 1.44. The van der Waals surface area contributed by atoms with Crippen LogP contribution in [0.25, 0.3) is 0 Å². The Bertz CT molecular complexity index is 838. The SMILES string of the molecule is COc1ccc(N=CC=C2N(C)c3ccccc3C2(C)C)c(OC)c1. The first-order valence-corrected chi connectivity index (χ1v) is 8.29. The van der Waals surface area contributed by atoms with Crippen LogP contribution in [-0.4, -0.2) is 27.5 Å². The number of anilines is 1. The van der Waals surface area contributed by atoms with Gasteiger partial charge in [0.1, 0.15) is 17.2 Å². The van der Waals surface area contributed by atoms with Gasteiger partial charge in [-0.3, -0.25) is 4.99 Å². The normalized spacial score (nSPS) is 17.2. The van der Waals surface area contributed by atoms with Crippen molar-refractivity contribution in [2.45, 2.75) is 19.3 Å². The molecule has 1 aliphatic heterocycles. The first kappa shape index (κ1) is 17.1. The van der Waals surface area contributed by atoms with Crippen LogP contribution in [0.5, 0.6) is 11.5 Å². The number of benzene rings is 2. The van der Waals surface area contributed by atoms with Crippen molar-refractivity contribution >= 4 is 17.6 Å². The number of hydrogen-bond acceptors (Lipinski definition) is 4. The summed E-state index contributed by atoms with van der Waals surface area (Å²) in [6.45, 7) is 4.48. The molecule has 130 valence electrons. The lowest BCUT2D eigenvalue weighted by Gasteiger charge is -2.23. The van der Waals surface area contributed by atoms with Crippen LogP contribution in [0.4, 0.5) is 11.4 Å². The van der Waals surface area contributed by atoms with Gasteiger partial charge in [0.15, 0.2) is 0 Å². The summed E-state index contributed by atoms with van der Waals surface area (Å²) in [4.78, 5) is 6.80. The van der Waals surface area contributed by atoms with Gasteiger partial charge in [0.25, 0.3) is 0 Å². The second-order valence-electron chi connectivity index (χ2n) is 6.57. The molecule has 0 atom stereocenters. The Morgan fingerprint density at radius 3 is 2.48 bits per heavy atom. The molecule has 0 radical (unpaired) electrons. The van der Waals surface area contributed by atoms with Crippen LogP contribution < -0.4 is 14.4 Å². The molecular weight excluding hydrogens is 312 g/mol. The van der Waals surface area contributed by atoms with Crippen LogP contribution in [0.3, 0.4) is 0 Å². The lowest BCUT2D eigenvalue weighted by molar-refractivity contribution is 0.395. The van der Waals surface area contributed by atoms with E-state index in [1.165, 1.54) is 16.9 Å². The van der Waals surface area contributed by atoms with E-state index < -0.39 is 0 Å². The Hall–Kier alpha value is -2.75. The fourth-order valence-corrected chi connectivity index (χ4v) is 3.38. The standard InChI is InChI=1S/C21H24N2O2/c1-21(2)16-8-6-7-9-18(16)23(3)20(21)12-13-22-17-11-10-15(24-4)14-19(17)25-5/h6-14H,1-5H3. The van der Waals surface area contributed by atoms with Crippen LogP contribution in [0.15, 0.2) is 59.2 Å². The minimum atomic E-state index is -0.0542. The quantitative estimate of drug-likeness (QED) is 0.758. The van der Waals surface area contributed by atoms with Gasteiger partial charge in [-0.1, -0.05) is 32.0 Å². The minimum Gasteiger partial charge on any atom is -0.497 e. The minimum absolute atomic E-state index is 0.0542. The molecule has 4 heteroatoms. The number of ether oxygens (including phenoxy) is 2. The van der Waals surface area contributed by atoms with Crippen molar-refractivity contribution in [3.63, 3.8) is 0 Å². The number of hydrogen-bond donors (Lipinski definition) is 0. The molecule has 0 saturated heterocycles. The van der Waals surface area contributed by atoms with Crippen LogP contribution in [-0.2, 0) is 5.41 Å². The van der Waals surface area contributed by atoms with E-state index in [0.717, 1.165) is 11.4 Å². The summed E-state index contributed by atoms with van der Waals surface area (Å²) < 4.78 is 10.6. The number of rotatable bonds is 4. The van der Waals surface area contributed by atoms with Gasteiger partial charge < -0.3 is 14.4 Å². The Balaban J connectivity index is 1.91. The van der Waals surface area contributed by atoms with E-state index in [4.69, 9.17) is 9.47 Å². The van der Waals surface area contributed by atoms with Gasteiger partial charge in [-0.25, -0.2) is 0 Å². The molecule has 0 fully saturated rings. The summed E-state index contributed by atoms with van der Waals surface area (Å²) in [5.41, 5.74) is 4.51. The number of nitrogens with zero attached hydrogens (tertiary/aromatic N) is 2. The highest BCUT2D eigenvalue weighted by molar-refractivity contribution is 5.81. The van der Waals surface area contributed by atoms with Crippen molar-refractivity contribution in [2.24, 2.45) is 4.99 Å². The van der Waals surface area contributed by atoms with Crippen molar-refractivity contribution < 1.29 is 9.47 Å². The second-order valence-corrected chi connectivity index (χ2v) is 6.57. The Morgan fingerprint density at radius 2 is 1.80 bits per heavy atom. The fraction of sp³-hybridized carbons (Fsp3) is 0.286. The number of likely N-dealkylation sites (N-methyl/N-ethyl adjacent to an activating group) is 1. The van der Waals surface area contributed by atoms with E-state index >= 15 is 0 Å². The molecular formula is C21H24N2O2. The van der Waals surface area contributed by atoms with Gasteiger partial charge in [-0.05, 0) is 29.8 Å². The van der Waals surface area contributed by atoms with Crippen LogP contribution in [0, 0.1) is 0 Å². The molecule has 2 aromatic rings. The molecule has 0 bridgehead atoms. The average molecular weight is 336 g/mol. The summed E-state index contributed by atoms with van der Waals surface area (Å²) in [6.07, 6.45) is 3.91. The van der Waals surface area contributed by atoms with Gasteiger partial charge in [-0.2, -0.15) is 0 Å². The first-order chi connectivity index (χ1) is 12.0. The lowest BCUT2D eigenvalue weighted by Crippen LogP contribution is -2.23. The smallest absolute Gasteiger partial charge is 0.148 e. The molecule has 2 aromatic carbocycles. The van der Waals surface area contributed by atoms with Gasteiger partial charge in [0, 0.05) is 36.1 Å². The molecule has 0 amide bonds. The topological polar surface area (TPSA) is 34.1 Å². The Kier molecular flexibility index (Phi) is 4.53. The maximum absolute atomic E-state index is 5.40. The zero-order chi connectivity index (χ0) is 18.0. The third-order valence-corrected chi connectivity index (χ3v) is 4.77. The molecule has 0 saturated carbocycles. The maximum Gasteiger partial charge on any atom is 0.148 e. The number of para-hydroxylation sites is 1. The predicted octanol–water partition coefficient (Wildman–Crippen LogP) is 4.72. The molecule has 0 unspecified atom stereocenters. The molecule has 4 nitrogen and oxygen atoms in total. The van der Waals surface area contributed by atoms with Gasteiger partial charge in [-0.15, -0.1) is 0 Å². The monoisotopic (exact) mass is 336 g/mol. The zero-order valence-electron chi connectivity index (χ0n) is 15.4. The highest BCUT2D eigenvalue weighted by atomic mass is 16.5. The Morgan fingerprint density at radius 1 is 1.04 bits per heavy atom. The average Bonchev–Trinajstić information content (AvgIpc) is 2.82. The van der Waals surface area contributed by atoms with E-state index in [0.29, 0.717) is 5.75 Å². The highest BCUT2D eigenvalue weighted by Crippen LogP contribution is 2.46. The van der Waals surface area contributed by atoms with E-state index in [-0.39, 0.29) is 5.41 Å². The highest BCUT2D eigenvalue weighted by Gasteiger charge is 2.37. The van der Waals surface area contributed by atoms with Gasteiger partial charge in [0.05, 0.1) is 14.2 Å². The zero-order valence-corrected chi connectivity index (χ0v) is 15.4. The van der Waals surface area contributed by atoms with E-state index in [2.05, 4.69) is 61.1 Å². The molecule has 1 heterocycles. The van der Waals surface area contributed by atoms with Crippen LogP contribution >= 0.6 is 0 Å². The summed E-state index contributed by atoms with van der Waals surface area (Å²) in [5, 5.41) is 0. The lowest BCUT2D eigenvalue weighted by atomic mass is 9.84. The molecule has 3 rings (SSSR count). The molecule has 25 heavy (non-hydrogen) atoms. The fourth-order valence-electron chi connectivity index (χ4n) is 3.38. The number of methoxy groups -OCH3 is 2. The van der Waals surface area contributed by atoms with Crippen LogP contribution in [0.1, 0.15) is 19.4 Å². The predicted molar refractivity (Wildman–Crippen MR) is 104 cm³/mol. The van der Waals surface area contributed by atoms with Crippen molar-refractivity contribution in [2.75, 3.05) is 26.2 Å². The Labute approximate surface area is 149 Å².